The van der Waals surface area contributed by atoms with Crippen molar-refractivity contribution >= 4 is 10.0 Å². The second-order valence-electron chi connectivity index (χ2n) is 1.37. The molecular formula is C6H11NO2S. The van der Waals surface area contributed by atoms with E-state index in [2.05, 4.69) is 30.6 Å². The number of hydrogen-bond donors (Lipinski definition) is 1. The quantitative estimate of drug-likeness (QED) is 0.471. The predicted octanol–water partition coefficient (Wildman–Crippen LogP) is 0.418. The molecule has 0 atom stereocenters. The van der Waals surface area contributed by atoms with Crippen LogP contribution in [0.1, 0.15) is 0 Å². The lowest BCUT2D eigenvalue weighted by atomic mass is 10.8. The van der Waals surface area contributed by atoms with Crippen LogP contribution < -0.4 is 5.14 Å². The van der Waals surface area contributed by atoms with Crippen LogP contribution in [0, 0.1) is 0 Å². The van der Waals surface area contributed by atoms with Gasteiger partial charge in [-0.05, 0) is 0 Å². The molecule has 2 N–H and O–H groups in total. The van der Waals surface area contributed by atoms with Crippen LogP contribution in [-0.4, -0.2) is 14.2 Å². The van der Waals surface area contributed by atoms with Crippen LogP contribution in [0.4, 0.5) is 0 Å². The summed E-state index contributed by atoms with van der Waals surface area (Å²) in [6, 6.07) is 0. The van der Waals surface area contributed by atoms with Crippen molar-refractivity contribution < 1.29 is 8.42 Å². The number of rotatable bonds is 2. The van der Waals surface area contributed by atoms with Gasteiger partial charge in [0.25, 0.3) is 0 Å². The van der Waals surface area contributed by atoms with E-state index in [0.29, 0.717) is 0 Å². The molecule has 0 unspecified atom stereocenters. The Labute approximate surface area is 61.6 Å². The lowest BCUT2D eigenvalue weighted by Crippen LogP contribution is -2.14. The molecule has 0 saturated carbocycles. The lowest BCUT2D eigenvalue weighted by molar-refractivity contribution is 0.600. The summed E-state index contributed by atoms with van der Waals surface area (Å²) in [5.74, 6) is -0.146. The van der Waals surface area contributed by atoms with Gasteiger partial charge in [0.1, 0.15) is 0 Å². The molecule has 10 heavy (non-hydrogen) atoms. The van der Waals surface area contributed by atoms with Gasteiger partial charge >= 0.3 is 0 Å². The number of nitrogens with two attached hydrogens (primary N) is 1. The molecule has 0 amide bonds. The minimum absolute atomic E-state index is 0.146. The van der Waals surface area contributed by atoms with Crippen molar-refractivity contribution in [3.8, 4) is 0 Å². The van der Waals surface area contributed by atoms with Crippen LogP contribution in [-0.2, 0) is 10.0 Å². The maximum absolute atomic E-state index is 9.94. The molecule has 0 aliphatic heterocycles. The SMILES string of the molecule is C=C=C.C=CCS(N)(=O)=O. The summed E-state index contributed by atoms with van der Waals surface area (Å²) >= 11 is 0. The summed E-state index contributed by atoms with van der Waals surface area (Å²) in [7, 11) is -3.29. The van der Waals surface area contributed by atoms with Crippen molar-refractivity contribution in [2.45, 2.75) is 0 Å². The highest BCUT2D eigenvalue weighted by Gasteiger charge is 1.93. The first kappa shape index (κ1) is 11.9. The molecular weight excluding hydrogens is 150 g/mol. The van der Waals surface area contributed by atoms with E-state index >= 15 is 0 Å². The Morgan fingerprint density at radius 2 is 1.80 bits per heavy atom. The second kappa shape index (κ2) is 6.29. The monoisotopic (exact) mass is 161 g/mol. The molecule has 0 aliphatic rings. The zero-order chi connectivity index (χ0) is 8.62. The normalized spacial score (nSPS) is 8.50. The predicted molar refractivity (Wildman–Crippen MR) is 42.9 cm³/mol. The maximum Gasteiger partial charge on any atom is 0.212 e. The molecule has 0 aromatic carbocycles. The van der Waals surface area contributed by atoms with Crippen LogP contribution in [0.5, 0.6) is 0 Å². The van der Waals surface area contributed by atoms with E-state index in [9.17, 15) is 8.42 Å². The van der Waals surface area contributed by atoms with Gasteiger partial charge in [0.2, 0.25) is 10.0 Å². The Morgan fingerprint density at radius 1 is 1.50 bits per heavy atom. The van der Waals surface area contributed by atoms with E-state index in [1.165, 1.54) is 6.08 Å². The minimum Gasteiger partial charge on any atom is -0.228 e. The van der Waals surface area contributed by atoms with Crippen LogP contribution in [0.2, 0.25) is 0 Å². The van der Waals surface area contributed by atoms with E-state index in [4.69, 9.17) is 0 Å². The van der Waals surface area contributed by atoms with Gasteiger partial charge in [-0.3, -0.25) is 0 Å². The van der Waals surface area contributed by atoms with Crippen LogP contribution in [0.3, 0.4) is 0 Å². The molecule has 0 aliphatic carbocycles. The van der Waals surface area contributed by atoms with Gasteiger partial charge in [0, 0.05) is 0 Å². The Hall–Kier alpha value is -0.830. The van der Waals surface area contributed by atoms with E-state index < -0.39 is 10.0 Å². The molecule has 0 aromatic heterocycles. The smallest absolute Gasteiger partial charge is 0.212 e. The molecule has 0 spiro atoms. The highest BCUT2D eigenvalue weighted by Crippen LogP contribution is 1.73. The molecule has 0 rings (SSSR count). The molecule has 4 heteroatoms. The van der Waals surface area contributed by atoms with Crippen molar-refractivity contribution in [2.75, 3.05) is 5.75 Å². The van der Waals surface area contributed by atoms with Gasteiger partial charge in [-0.15, -0.1) is 12.3 Å². The fraction of sp³-hybridized carbons (Fsp3) is 0.167. The van der Waals surface area contributed by atoms with Crippen LogP contribution in [0.25, 0.3) is 0 Å². The van der Waals surface area contributed by atoms with Crippen molar-refractivity contribution in [1.29, 1.82) is 0 Å². The molecule has 0 fully saturated rings. The van der Waals surface area contributed by atoms with Crippen LogP contribution in [0.15, 0.2) is 31.5 Å². The van der Waals surface area contributed by atoms with Gasteiger partial charge in [0.05, 0.1) is 5.75 Å². The molecule has 0 heterocycles. The zero-order valence-corrected chi connectivity index (χ0v) is 6.52. The Balaban J connectivity index is 0. The van der Waals surface area contributed by atoms with E-state index in [-0.39, 0.29) is 5.75 Å². The molecule has 58 valence electrons. The summed E-state index contributed by atoms with van der Waals surface area (Å²) in [6.07, 6.45) is 1.25. The van der Waals surface area contributed by atoms with Crippen molar-refractivity contribution in [2.24, 2.45) is 5.14 Å². The third kappa shape index (κ3) is 27.2. The van der Waals surface area contributed by atoms with Crippen molar-refractivity contribution in [3.05, 3.63) is 31.5 Å². The largest absolute Gasteiger partial charge is 0.228 e. The average Bonchev–Trinajstić information content (AvgIpc) is 1.63. The molecule has 0 bridgehead atoms. The molecule has 0 radical (unpaired) electrons. The van der Waals surface area contributed by atoms with Crippen molar-refractivity contribution in [1.82, 2.24) is 0 Å². The summed E-state index contributed by atoms with van der Waals surface area (Å²) < 4.78 is 19.9. The summed E-state index contributed by atoms with van der Waals surface area (Å²) in [6.45, 7) is 9.44. The average molecular weight is 161 g/mol. The first-order valence-corrected chi connectivity index (χ1v) is 4.10. The third-order valence-corrected chi connectivity index (χ3v) is 1.05. The van der Waals surface area contributed by atoms with E-state index in [0.717, 1.165) is 0 Å². The fourth-order valence-corrected chi connectivity index (χ4v) is 0.493. The maximum atomic E-state index is 9.94. The Morgan fingerprint density at radius 3 is 1.80 bits per heavy atom. The van der Waals surface area contributed by atoms with Gasteiger partial charge in [-0.2, -0.15) is 0 Å². The highest BCUT2D eigenvalue weighted by molar-refractivity contribution is 7.89. The molecule has 3 nitrogen and oxygen atoms in total. The van der Waals surface area contributed by atoms with Gasteiger partial charge in [0.15, 0.2) is 0 Å². The van der Waals surface area contributed by atoms with Gasteiger partial charge in [-0.25, -0.2) is 13.6 Å². The standard InChI is InChI=1S/C3H7NO2S.C3H4/c1-2-3-7(4,5)6;1-3-2/h2H,1,3H2,(H2,4,5,6);1-2H2. The number of hydrogen-bond acceptors (Lipinski definition) is 2. The number of primary sulfonamides is 1. The van der Waals surface area contributed by atoms with Crippen LogP contribution >= 0.6 is 0 Å². The van der Waals surface area contributed by atoms with Gasteiger partial charge < -0.3 is 0 Å². The summed E-state index contributed by atoms with van der Waals surface area (Å²) in [5, 5.41) is 4.55. The van der Waals surface area contributed by atoms with Gasteiger partial charge in [-0.1, -0.05) is 19.2 Å². The molecule has 0 aromatic rings. The first-order valence-electron chi connectivity index (χ1n) is 2.38. The minimum atomic E-state index is -3.29. The third-order valence-electron chi connectivity index (χ3n) is 0.350. The van der Waals surface area contributed by atoms with E-state index in [1.807, 2.05) is 0 Å². The summed E-state index contributed by atoms with van der Waals surface area (Å²) in [4.78, 5) is 0. The summed E-state index contributed by atoms with van der Waals surface area (Å²) in [5.41, 5.74) is 2.25. The lowest BCUT2D eigenvalue weighted by Gasteiger charge is -1.83. The second-order valence-corrected chi connectivity index (χ2v) is 3.03. The molecule has 0 saturated heterocycles. The Bertz CT molecular complexity index is 210. The first-order chi connectivity index (χ1) is 4.47. The van der Waals surface area contributed by atoms with E-state index in [1.54, 1.807) is 0 Å². The number of sulfonamides is 1. The Kier molecular flexibility index (Phi) is 7.49. The van der Waals surface area contributed by atoms with Crippen molar-refractivity contribution in [3.63, 3.8) is 0 Å². The topological polar surface area (TPSA) is 60.2 Å². The highest BCUT2D eigenvalue weighted by atomic mass is 32.2. The fourth-order valence-electron chi connectivity index (χ4n) is 0.164. The zero-order valence-electron chi connectivity index (χ0n) is 5.71.